The van der Waals surface area contributed by atoms with Gasteiger partial charge in [0.25, 0.3) is 5.56 Å². The fraction of sp³-hybridized carbons (Fsp3) is 0.455. The first-order valence-electron chi connectivity index (χ1n) is 4.86. The third-order valence-corrected chi connectivity index (χ3v) is 2.37. The van der Waals surface area contributed by atoms with Crippen LogP contribution in [0.2, 0.25) is 0 Å². The molecule has 0 saturated heterocycles. The molecule has 0 aromatic carbocycles. The van der Waals surface area contributed by atoms with E-state index in [1.807, 2.05) is 20.8 Å². The van der Waals surface area contributed by atoms with Gasteiger partial charge in [-0.2, -0.15) is 5.10 Å². The van der Waals surface area contributed by atoms with Crippen molar-refractivity contribution in [1.82, 2.24) is 9.78 Å². The molecule has 0 aliphatic carbocycles. The quantitative estimate of drug-likeness (QED) is 0.660. The summed E-state index contributed by atoms with van der Waals surface area (Å²) in [4.78, 5) is 11.7. The molecule has 2 rings (SSSR count). The minimum absolute atomic E-state index is 0.0932. The van der Waals surface area contributed by atoms with Crippen LogP contribution in [-0.4, -0.2) is 9.78 Å². The monoisotopic (exact) mass is 206 g/mol. The fourth-order valence-electron chi connectivity index (χ4n) is 1.40. The number of furan rings is 1. The van der Waals surface area contributed by atoms with Crippen LogP contribution in [0, 0.1) is 0 Å². The Morgan fingerprint density at radius 1 is 1.40 bits per heavy atom. The van der Waals surface area contributed by atoms with Gasteiger partial charge in [-0.25, -0.2) is 4.68 Å². The van der Waals surface area contributed by atoms with Crippen LogP contribution in [0.4, 0.5) is 0 Å². The molecule has 2 heterocycles. The zero-order valence-corrected chi connectivity index (χ0v) is 9.37. The standard InChI is InChI=1S/C11H14N2O2/c1-11(2,3)9-5-7-8(15-9)6-12-13(4)10(7)14/h5-6H,1-4H3. The van der Waals surface area contributed by atoms with Gasteiger partial charge in [0.15, 0.2) is 5.58 Å². The Morgan fingerprint density at radius 2 is 2.07 bits per heavy atom. The molecular formula is C11H14N2O2. The lowest BCUT2D eigenvalue weighted by atomic mass is 9.93. The maximum Gasteiger partial charge on any atom is 0.277 e. The minimum Gasteiger partial charge on any atom is -0.459 e. The van der Waals surface area contributed by atoms with E-state index in [9.17, 15) is 4.79 Å². The number of rotatable bonds is 0. The number of aromatic nitrogens is 2. The van der Waals surface area contributed by atoms with Crippen molar-refractivity contribution in [3.63, 3.8) is 0 Å². The molecule has 0 amide bonds. The molecule has 0 fully saturated rings. The van der Waals surface area contributed by atoms with E-state index in [2.05, 4.69) is 5.10 Å². The average molecular weight is 206 g/mol. The van der Waals surface area contributed by atoms with E-state index in [-0.39, 0.29) is 11.0 Å². The zero-order valence-electron chi connectivity index (χ0n) is 9.37. The number of aryl methyl sites for hydroxylation is 1. The molecule has 2 aromatic heterocycles. The number of hydrogen-bond donors (Lipinski definition) is 0. The van der Waals surface area contributed by atoms with Gasteiger partial charge in [0.05, 0.1) is 11.6 Å². The highest BCUT2D eigenvalue weighted by Gasteiger charge is 2.20. The van der Waals surface area contributed by atoms with Gasteiger partial charge in [-0.05, 0) is 6.07 Å². The van der Waals surface area contributed by atoms with Crippen LogP contribution in [-0.2, 0) is 12.5 Å². The molecule has 0 unspecified atom stereocenters. The summed E-state index contributed by atoms with van der Waals surface area (Å²) in [5.74, 6) is 0.808. The molecule has 80 valence electrons. The lowest BCUT2D eigenvalue weighted by molar-refractivity contribution is 0.429. The molecule has 4 nitrogen and oxygen atoms in total. The van der Waals surface area contributed by atoms with Gasteiger partial charge in [0, 0.05) is 12.5 Å². The van der Waals surface area contributed by atoms with Crippen LogP contribution in [0.25, 0.3) is 11.0 Å². The lowest BCUT2D eigenvalue weighted by Gasteiger charge is -2.13. The van der Waals surface area contributed by atoms with Crippen LogP contribution >= 0.6 is 0 Å². The van der Waals surface area contributed by atoms with Gasteiger partial charge < -0.3 is 4.42 Å². The lowest BCUT2D eigenvalue weighted by Crippen LogP contribution is -2.18. The summed E-state index contributed by atoms with van der Waals surface area (Å²) < 4.78 is 6.90. The topological polar surface area (TPSA) is 48.0 Å². The second-order valence-corrected chi connectivity index (χ2v) is 4.71. The fourth-order valence-corrected chi connectivity index (χ4v) is 1.40. The first kappa shape index (κ1) is 9.96. The maximum absolute atomic E-state index is 11.7. The van der Waals surface area contributed by atoms with E-state index in [1.165, 1.54) is 4.68 Å². The smallest absolute Gasteiger partial charge is 0.277 e. The first-order chi connectivity index (χ1) is 6.89. The maximum atomic E-state index is 11.7. The Kier molecular flexibility index (Phi) is 1.96. The summed E-state index contributed by atoms with van der Waals surface area (Å²) in [6.07, 6.45) is 1.58. The van der Waals surface area contributed by atoms with Crippen LogP contribution in [0.1, 0.15) is 26.5 Å². The summed E-state index contributed by atoms with van der Waals surface area (Å²) in [6.45, 7) is 6.13. The molecule has 0 aliphatic rings. The van der Waals surface area contributed by atoms with E-state index in [0.29, 0.717) is 11.0 Å². The number of fused-ring (bicyclic) bond motifs is 1. The molecule has 0 radical (unpaired) electrons. The van der Waals surface area contributed by atoms with Crippen molar-refractivity contribution in [3.8, 4) is 0 Å². The largest absolute Gasteiger partial charge is 0.459 e. The van der Waals surface area contributed by atoms with Crippen molar-refractivity contribution >= 4 is 11.0 Å². The molecule has 15 heavy (non-hydrogen) atoms. The van der Waals surface area contributed by atoms with Crippen molar-refractivity contribution in [3.05, 3.63) is 28.4 Å². The van der Waals surface area contributed by atoms with Crippen LogP contribution in [0.15, 0.2) is 21.5 Å². The summed E-state index contributed by atoms with van der Waals surface area (Å²) in [7, 11) is 1.63. The molecule has 0 N–H and O–H groups in total. The molecule has 0 aliphatic heterocycles. The highest BCUT2D eigenvalue weighted by atomic mass is 16.3. The van der Waals surface area contributed by atoms with Crippen LogP contribution in [0.5, 0.6) is 0 Å². The van der Waals surface area contributed by atoms with Crippen molar-refractivity contribution < 1.29 is 4.42 Å². The van der Waals surface area contributed by atoms with Gasteiger partial charge in [0.2, 0.25) is 0 Å². The van der Waals surface area contributed by atoms with E-state index in [0.717, 1.165) is 5.76 Å². The predicted octanol–water partition coefficient (Wildman–Crippen LogP) is 1.82. The Balaban J connectivity index is 2.78. The molecule has 2 aromatic rings. The van der Waals surface area contributed by atoms with E-state index in [1.54, 1.807) is 19.3 Å². The third-order valence-electron chi connectivity index (χ3n) is 2.37. The molecular weight excluding hydrogens is 192 g/mol. The van der Waals surface area contributed by atoms with Gasteiger partial charge in [-0.15, -0.1) is 0 Å². The highest BCUT2D eigenvalue weighted by molar-refractivity contribution is 5.75. The summed E-state index contributed by atoms with van der Waals surface area (Å²) in [5, 5.41) is 4.51. The first-order valence-corrected chi connectivity index (χ1v) is 4.86. The Labute approximate surface area is 87.5 Å². The molecule has 0 saturated carbocycles. The minimum atomic E-state index is -0.119. The van der Waals surface area contributed by atoms with Gasteiger partial charge in [-0.1, -0.05) is 20.8 Å². The second-order valence-electron chi connectivity index (χ2n) is 4.71. The van der Waals surface area contributed by atoms with Crippen LogP contribution in [0.3, 0.4) is 0 Å². The van der Waals surface area contributed by atoms with Gasteiger partial charge in [-0.3, -0.25) is 4.79 Å². The molecule has 0 atom stereocenters. The summed E-state index contributed by atoms with van der Waals surface area (Å²) in [6, 6.07) is 1.80. The van der Waals surface area contributed by atoms with Crippen LogP contribution < -0.4 is 5.56 Å². The van der Waals surface area contributed by atoms with E-state index in [4.69, 9.17) is 4.42 Å². The van der Waals surface area contributed by atoms with Crippen molar-refractivity contribution in [2.45, 2.75) is 26.2 Å². The van der Waals surface area contributed by atoms with Gasteiger partial charge in [0.1, 0.15) is 5.76 Å². The summed E-state index contributed by atoms with van der Waals surface area (Å²) >= 11 is 0. The van der Waals surface area contributed by atoms with E-state index < -0.39 is 0 Å². The number of hydrogen-bond acceptors (Lipinski definition) is 3. The van der Waals surface area contributed by atoms with E-state index >= 15 is 0 Å². The van der Waals surface area contributed by atoms with Crippen molar-refractivity contribution in [1.29, 1.82) is 0 Å². The molecule has 0 bridgehead atoms. The number of nitrogens with zero attached hydrogens (tertiary/aromatic N) is 2. The van der Waals surface area contributed by atoms with Crippen molar-refractivity contribution in [2.75, 3.05) is 0 Å². The second kappa shape index (κ2) is 2.95. The zero-order chi connectivity index (χ0) is 11.2. The normalized spacial score (nSPS) is 12.3. The average Bonchev–Trinajstić information content (AvgIpc) is 2.55. The third kappa shape index (κ3) is 1.56. The molecule has 4 heteroatoms. The Morgan fingerprint density at radius 3 is 2.67 bits per heavy atom. The predicted molar refractivity (Wildman–Crippen MR) is 58.0 cm³/mol. The van der Waals surface area contributed by atoms with Crippen molar-refractivity contribution in [2.24, 2.45) is 7.05 Å². The SMILES string of the molecule is Cn1ncc2oc(C(C)(C)C)cc2c1=O. The molecule has 0 spiro atoms. The highest BCUT2D eigenvalue weighted by Crippen LogP contribution is 2.26. The van der Waals surface area contributed by atoms with Gasteiger partial charge >= 0.3 is 0 Å². The Hall–Kier alpha value is -1.58. The summed E-state index contributed by atoms with van der Waals surface area (Å²) in [5.41, 5.74) is 0.346. The Bertz CT molecular complexity index is 558.